The Morgan fingerprint density at radius 1 is 1.33 bits per heavy atom. The standard InChI is InChI=1S/C10H6ClNO2S/c11-9-4-3-8(15-9)6-1-2-7(10(13)14)12-5-6/h1-5H,(H,13,14). The summed E-state index contributed by atoms with van der Waals surface area (Å²) in [5.74, 6) is -1.02. The van der Waals surface area contributed by atoms with Crippen molar-refractivity contribution >= 4 is 28.9 Å². The van der Waals surface area contributed by atoms with E-state index < -0.39 is 5.97 Å². The van der Waals surface area contributed by atoms with E-state index in [1.165, 1.54) is 23.6 Å². The second-order valence-electron chi connectivity index (χ2n) is 2.84. The van der Waals surface area contributed by atoms with Crippen LogP contribution in [0, 0.1) is 0 Å². The van der Waals surface area contributed by atoms with Gasteiger partial charge in [-0.3, -0.25) is 0 Å². The van der Waals surface area contributed by atoms with Gasteiger partial charge in [0.2, 0.25) is 0 Å². The van der Waals surface area contributed by atoms with Crippen molar-refractivity contribution in [3.05, 3.63) is 40.5 Å². The number of carboxylic acid groups (broad SMARTS) is 1. The summed E-state index contributed by atoms with van der Waals surface area (Å²) in [6, 6.07) is 6.88. The summed E-state index contributed by atoms with van der Waals surface area (Å²) >= 11 is 7.23. The predicted octanol–water partition coefficient (Wildman–Crippen LogP) is 3.16. The monoisotopic (exact) mass is 239 g/mol. The zero-order valence-electron chi connectivity index (χ0n) is 7.48. The van der Waals surface area contributed by atoms with Gasteiger partial charge < -0.3 is 5.11 Å². The first-order chi connectivity index (χ1) is 7.16. The third kappa shape index (κ3) is 2.16. The Morgan fingerprint density at radius 3 is 2.60 bits per heavy atom. The molecule has 3 nitrogen and oxygen atoms in total. The van der Waals surface area contributed by atoms with Crippen molar-refractivity contribution in [1.82, 2.24) is 4.98 Å². The molecule has 2 rings (SSSR count). The summed E-state index contributed by atoms with van der Waals surface area (Å²) in [6.45, 7) is 0. The summed E-state index contributed by atoms with van der Waals surface area (Å²) in [7, 11) is 0. The van der Waals surface area contributed by atoms with Gasteiger partial charge in [-0.15, -0.1) is 11.3 Å². The number of carboxylic acids is 1. The highest BCUT2D eigenvalue weighted by molar-refractivity contribution is 7.19. The smallest absolute Gasteiger partial charge is 0.354 e. The van der Waals surface area contributed by atoms with Gasteiger partial charge in [-0.1, -0.05) is 11.6 Å². The molecular weight excluding hydrogens is 234 g/mol. The molecule has 0 amide bonds. The minimum Gasteiger partial charge on any atom is -0.477 e. The Kier molecular flexibility index (Phi) is 2.70. The van der Waals surface area contributed by atoms with E-state index in [-0.39, 0.29) is 5.69 Å². The van der Waals surface area contributed by atoms with Crippen LogP contribution in [0.4, 0.5) is 0 Å². The number of nitrogens with zero attached hydrogens (tertiary/aromatic N) is 1. The Labute approximate surface area is 95.0 Å². The molecule has 0 aromatic carbocycles. The topological polar surface area (TPSA) is 50.2 Å². The zero-order chi connectivity index (χ0) is 10.8. The van der Waals surface area contributed by atoms with Gasteiger partial charge in [-0.2, -0.15) is 0 Å². The van der Waals surface area contributed by atoms with Crippen LogP contribution in [0.5, 0.6) is 0 Å². The fourth-order valence-corrected chi connectivity index (χ4v) is 2.17. The van der Waals surface area contributed by atoms with Crippen molar-refractivity contribution in [2.75, 3.05) is 0 Å². The Balaban J connectivity index is 2.35. The van der Waals surface area contributed by atoms with Gasteiger partial charge in [-0.25, -0.2) is 9.78 Å². The molecular formula is C10H6ClNO2S. The molecule has 0 aliphatic heterocycles. The molecule has 1 N–H and O–H groups in total. The summed E-state index contributed by atoms with van der Waals surface area (Å²) in [6.07, 6.45) is 1.53. The first-order valence-electron chi connectivity index (χ1n) is 4.12. The van der Waals surface area contributed by atoms with E-state index in [4.69, 9.17) is 16.7 Å². The van der Waals surface area contributed by atoms with Gasteiger partial charge in [0.15, 0.2) is 0 Å². The number of hydrogen-bond acceptors (Lipinski definition) is 3. The number of pyridine rings is 1. The number of halogens is 1. The maximum atomic E-state index is 10.6. The molecule has 0 aliphatic rings. The molecule has 0 unspecified atom stereocenters. The molecule has 0 saturated carbocycles. The summed E-state index contributed by atoms with van der Waals surface area (Å²) < 4.78 is 0.701. The average Bonchev–Trinajstić information content (AvgIpc) is 2.65. The maximum Gasteiger partial charge on any atom is 0.354 e. The van der Waals surface area contributed by atoms with E-state index in [0.717, 1.165) is 10.4 Å². The Bertz CT molecular complexity index is 492. The molecule has 2 heterocycles. The van der Waals surface area contributed by atoms with Crippen LogP contribution in [0.25, 0.3) is 10.4 Å². The van der Waals surface area contributed by atoms with E-state index >= 15 is 0 Å². The van der Waals surface area contributed by atoms with Crippen molar-refractivity contribution < 1.29 is 9.90 Å². The first kappa shape index (κ1) is 10.1. The minimum absolute atomic E-state index is 0.0430. The van der Waals surface area contributed by atoms with Crippen LogP contribution in [-0.2, 0) is 0 Å². The van der Waals surface area contributed by atoms with E-state index in [1.54, 1.807) is 12.1 Å². The molecule has 2 aromatic rings. The second-order valence-corrected chi connectivity index (χ2v) is 4.56. The highest BCUT2D eigenvalue weighted by Crippen LogP contribution is 2.30. The molecule has 0 spiro atoms. The Hall–Kier alpha value is -1.39. The van der Waals surface area contributed by atoms with Crippen molar-refractivity contribution in [2.24, 2.45) is 0 Å². The molecule has 2 aromatic heterocycles. The van der Waals surface area contributed by atoms with Crippen LogP contribution in [-0.4, -0.2) is 16.1 Å². The van der Waals surface area contributed by atoms with E-state index in [9.17, 15) is 4.79 Å². The number of rotatable bonds is 2. The SMILES string of the molecule is O=C(O)c1ccc(-c2ccc(Cl)s2)cn1. The number of thiophene rings is 1. The molecule has 0 atom stereocenters. The van der Waals surface area contributed by atoms with Crippen molar-refractivity contribution in [1.29, 1.82) is 0 Å². The van der Waals surface area contributed by atoms with Crippen molar-refractivity contribution in [3.8, 4) is 10.4 Å². The summed E-state index contributed by atoms with van der Waals surface area (Å²) in [5, 5.41) is 8.67. The number of aromatic nitrogens is 1. The molecule has 0 saturated heterocycles. The normalized spacial score (nSPS) is 10.2. The van der Waals surface area contributed by atoms with E-state index in [2.05, 4.69) is 4.98 Å². The zero-order valence-corrected chi connectivity index (χ0v) is 9.05. The van der Waals surface area contributed by atoms with Gasteiger partial charge >= 0.3 is 5.97 Å². The van der Waals surface area contributed by atoms with Crippen LogP contribution in [0.15, 0.2) is 30.5 Å². The molecule has 15 heavy (non-hydrogen) atoms. The van der Waals surface area contributed by atoms with Crippen molar-refractivity contribution in [3.63, 3.8) is 0 Å². The molecule has 5 heteroatoms. The van der Waals surface area contributed by atoms with Gasteiger partial charge in [0.1, 0.15) is 5.69 Å². The largest absolute Gasteiger partial charge is 0.477 e. The first-order valence-corrected chi connectivity index (χ1v) is 5.31. The van der Waals surface area contributed by atoms with E-state index in [1.807, 2.05) is 6.07 Å². The number of aromatic carboxylic acids is 1. The van der Waals surface area contributed by atoms with Gasteiger partial charge in [0.25, 0.3) is 0 Å². The van der Waals surface area contributed by atoms with Gasteiger partial charge in [0, 0.05) is 16.6 Å². The lowest BCUT2D eigenvalue weighted by Gasteiger charge is -1.97. The third-order valence-corrected chi connectivity index (χ3v) is 3.12. The highest BCUT2D eigenvalue weighted by Gasteiger charge is 2.06. The lowest BCUT2D eigenvalue weighted by atomic mass is 10.2. The van der Waals surface area contributed by atoms with Crippen LogP contribution in [0.2, 0.25) is 4.34 Å². The maximum absolute atomic E-state index is 10.6. The van der Waals surface area contributed by atoms with Crippen LogP contribution >= 0.6 is 22.9 Å². The summed E-state index contributed by atoms with van der Waals surface area (Å²) in [5.41, 5.74) is 0.915. The molecule has 76 valence electrons. The fourth-order valence-electron chi connectivity index (χ4n) is 1.14. The molecule has 0 aliphatic carbocycles. The second kappa shape index (κ2) is 4.00. The quantitative estimate of drug-likeness (QED) is 0.876. The van der Waals surface area contributed by atoms with E-state index in [0.29, 0.717) is 4.34 Å². The Morgan fingerprint density at radius 2 is 2.13 bits per heavy atom. The van der Waals surface area contributed by atoms with Crippen molar-refractivity contribution in [2.45, 2.75) is 0 Å². The summed E-state index contributed by atoms with van der Waals surface area (Å²) in [4.78, 5) is 15.4. The fraction of sp³-hybridized carbons (Fsp3) is 0. The lowest BCUT2D eigenvalue weighted by molar-refractivity contribution is 0.0690. The third-order valence-electron chi connectivity index (χ3n) is 1.84. The van der Waals surface area contributed by atoms with Crippen LogP contribution < -0.4 is 0 Å². The van der Waals surface area contributed by atoms with Gasteiger partial charge in [0.05, 0.1) is 4.34 Å². The van der Waals surface area contributed by atoms with Crippen LogP contribution in [0.3, 0.4) is 0 Å². The molecule has 0 radical (unpaired) electrons. The highest BCUT2D eigenvalue weighted by atomic mass is 35.5. The average molecular weight is 240 g/mol. The predicted molar refractivity (Wildman–Crippen MR) is 59.5 cm³/mol. The minimum atomic E-state index is -1.02. The molecule has 0 bridgehead atoms. The molecule has 0 fully saturated rings. The number of hydrogen-bond donors (Lipinski definition) is 1. The number of carbonyl (C=O) groups is 1. The van der Waals surface area contributed by atoms with Crippen LogP contribution in [0.1, 0.15) is 10.5 Å². The van der Waals surface area contributed by atoms with Gasteiger partial charge in [-0.05, 0) is 24.3 Å². The lowest BCUT2D eigenvalue weighted by Crippen LogP contribution is -1.98.